The molecular weight excluding hydrogens is 206 g/mol. The van der Waals surface area contributed by atoms with Crippen LogP contribution in [-0.2, 0) is 0 Å². The zero-order chi connectivity index (χ0) is 12.8. The van der Waals surface area contributed by atoms with E-state index in [0.29, 0.717) is 5.92 Å². The van der Waals surface area contributed by atoms with Gasteiger partial charge in [0, 0.05) is 6.04 Å². The van der Waals surface area contributed by atoms with Gasteiger partial charge in [-0.1, -0.05) is 64.8 Å². The summed E-state index contributed by atoms with van der Waals surface area (Å²) in [6.07, 6.45) is 3.60. The van der Waals surface area contributed by atoms with Crippen LogP contribution in [0.5, 0.6) is 0 Å². The van der Waals surface area contributed by atoms with Crippen molar-refractivity contribution >= 4 is 0 Å². The summed E-state index contributed by atoms with van der Waals surface area (Å²) in [5.41, 5.74) is 8.88. The molecule has 1 aromatic rings. The summed E-state index contributed by atoms with van der Waals surface area (Å²) in [5.74, 6) is 1.38. The fourth-order valence-corrected chi connectivity index (χ4v) is 2.04. The molecule has 0 amide bonds. The zero-order valence-electron chi connectivity index (χ0n) is 11.7. The molecule has 1 unspecified atom stereocenters. The second-order valence-electron chi connectivity index (χ2n) is 5.75. The van der Waals surface area contributed by atoms with Gasteiger partial charge < -0.3 is 5.73 Å². The molecule has 96 valence electrons. The van der Waals surface area contributed by atoms with Crippen LogP contribution in [-0.4, -0.2) is 0 Å². The van der Waals surface area contributed by atoms with Crippen LogP contribution in [0.15, 0.2) is 24.3 Å². The van der Waals surface area contributed by atoms with Crippen molar-refractivity contribution in [1.29, 1.82) is 0 Å². The van der Waals surface area contributed by atoms with Gasteiger partial charge in [-0.15, -0.1) is 0 Å². The molecule has 0 aliphatic heterocycles. The molecule has 0 heterocycles. The lowest BCUT2D eigenvalue weighted by atomic mass is 9.96. The van der Waals surface area contributed by atoms with E-state index in [1.807, 2.05) is 0 Å². The Kier molecular flexibility index (Phi) is 5.70. The molecule has 17 heavy (non-hydrogen) atoms. The number of benzene rings is 1. The van der Waals surface area contributed by atoms with Crippen LogP contribution in [0.1, 0.15) is 70.0 Å². The van der Waals surface area contributed by atoms with E-state index in [1.165, 1.54) is 24.0 Å². The molecule has 0 aliphatic rings. The van der Waals surface area contributed by atoms with E-state index >= 15 is 0 Å². The maximum Gasteiger partial charge on any atom is 0.0294 e. The average Bonchev–Trinajstić information content (AvgIpc) is 2.28. The largest absolute Gasteiger partial charge is 0.324 e. The molecule has 0 aliphatic carbocycles. The van der Waals surface area contributed by atoms with Crippen molar-refractivity contribution in [2.45, 2.75) is 58.9 Å². The van der Waals surface area contributed by atoms with Gasteiger partial charge in [0.1, 0.15) is 0 Å². The van der Waals surface area contributed by atoms with Crippen LogP contribution in [0.4, 0.5) is 0 Å². The fraction of sp³-hybridized carbons (Fsp3) is 0.625. The quantitative estimate of drug-likeness (QED) is 0.761. The standard InChI is InChI=1S/C16H27N/c1-12(2)6-5-7-16(17)15-10-8-14(9-11-15)13(3)4/h8-13,16H,5-7,17H2,1-4H3. The molecule has 1 heteroatoms. The number of hydrogen-bond donors (Lipinski definition) is 1. The number of rotatable bonds is 6. The maximum absolute atomic E-state index is 6.21. The molecule has 0 spiro atoms. The van der Waals surface area contributed by atoms with Crippen molar-refractivity contribution in [3.05, 3.63) is 35.4 Å². The molecule has 1 rings (SSSR count). The van der Waals surface area contributed by atoms with Crippen molar-refractivity contribution in [3.8, 4) is 0 Å². The van der Waals surface area contributed by atoms with Crippen LogP contribution >= 0.6 is 0 Å². The second kappa shape index (κ2) is 6.80. The number of nitrogens with two attached hydrogens (primary N) is 1. The van der Waals surface area contributed by atoms with Crippen molar-refractivity contribution in [2.24, 2.45) is 11.7 Å². The third-order valence-corrected chi connectivity index (χ3v) is 3.33. The van der Waals surface area contributed by atoms with Gasteiger partial charge in [0.15, 0.2) is 0 Å². The summed E-state index contributed by atoms with van der Waals surface area (Å²) < 4.78 is 0. The van der Waals surface area contributed by atoms with Crippen molar-refractivity contribution in [2.75, 3.05) is 0 Å². The SMILES string of the molecule is CC(C)CCCC(N)c1ccc(C(C)C)cc1. The van der Waals surface area contributed by atoms with Crippen LogP contribution in [0.3, 0.4) is 0 Å². The minimum Gasteiger partial charge on any atom is -0.324 e. The average molecular weight is 233 g/mol. The van der Waals surface area contributed by atoms with Crippen LogP contribution in [0.2, 0.25) is 0 Å². The summed E-state index contributed by atoms with van der Waals surface area (Å²) in [7, 11) is 0. The van der Waals surface area contributed by atoms with Gasteiger partial charge in [-0.05, 0) is 29.4 Å². The summed E-state index contributed by atoms with van der Waals surface area (Å²) in [4.78, 5) is 0. The Labute approximate surface area is 106 Å². The molecule has 0 fully saturated rings. The lowest BCUT2D eigenvalue weighted by Crippen LogP contribution is -2.10. The van der Waals surface area contributed by atoms with Gasteiger partial charge in [0.05, 0.1) is 0 Å². The third kappa shape index (κ3) is 4.91. The topological polar surface area (TPSA) is 26.0 Å². The fourth-order valence-electron chi connectivity index (χ4n) is 2.04. The van der Waals surface area contributed by atoms with E-state index in [0.717, 1.165) is 12.3 Å². The highest BCUT2D eigenvalue weighted by Gasteiger charge is 2.07. The van der Waals surface area contributed by atoms with Gasteiger partial charge in [0.2, 0.25) is 0 Å². The van der Waals surface area contributed by atoms with Gasteiger partial charge in [-0.3, -0.25) is 0 Å². The molecule has 1 aromatic carbocycles. The van der Waals surface area contributed by atoms with Gasteiger partial charge in [-0.2, -0.15) is 0 Å². The van der Waals surface area contributed by atoms with Gasteiger partial charge in [-0.25, -0.2) is 0 Å². The van der Waals surface area contributed by atoms with Crippen LogP contribution in [0, 0.1) is 5.92 Å². The third-order valence-electron chi connectivity index (χ3n) is 3.33. The van der Waals surface area contributed by atoms with E-state index in [2.05, 4.69) is 52.0 Å². The summed E-state index contributed by atoms with van der Waals surface area (Å²) in [6, 6.07) is 9.00. The maximum atomic E-state index is 6.21. The predicted octanol–water partition coefficient (Wildman–Crippen LogP) is 4.64. The van der Waals surface area contributed by atoms with E-state index in [-0.39, 0.29) is 6.04 Å². The first kappa shape index (κ1) is 14.2. The minimum absolute atomic E-state index is 0.204. The molecule has 1 atom stereocenters. The first-order chi connectivity index (χ1) is 8.00. The van der Waals surface area contributed by atoms with Crippen LogP contribution in [0.25, 0.3) is 0 Å². The normalized spacial score (nSPS) is 13.4. The van der Waals surface area contributed by atoms with E-state index in [1.54, 1.807) is 0 Å². The van der Waals surface area contributed by atoms with Crippen molar-refractivity contribution < 1.29 is 0 Å². The van der Waals surface area contributed by atoms with E-state index in [9.17, 15) is 0 Å². The first-order valence-electron chi connectivity index (χ1n) is 6.86. The summed E-state index contributed by atoms with van der Waals surface area (Å²) >= 11 is 0. The Bertz CT molecular complexity index is 311. The molecule has 0 saturated carbocycles. The molecule has 2 N–H and O–H groups in total. The lowest BCUT2D eigenvalue weighted by Gasteiger charge is -2.14. The molecular formula is C16H27N. The number of hydrogen-bond acceptors (Lipinski definition) is 1. The second-order valence-corrected chi connectivity index (χ2v) is 5.75. The van der Waals surface area contributed by atoms with Crippen LogP contribution < -0.4 is 5.73 Å². The Morgan fingerprint density at radius 2 is 1.41 bits per heavy atom. The Morgan fingerprint density at radius 1 is 0.882 bits per heavy atom. The highest BCUT2D eigenvalue weighted by atomic mass is 14.6. The smallest absolute Gasteiger partial charge is 0.0294 e. The lowest BCUT2D eigenvalue weighted by molar-refractivity contribution is 0.505. The predicted molar refractivity (Wildman–Crippen MR) is 76.1 cm³/mol. The van der Waals surface area contributed by atoms with Crippen molar-refractivity contribution in [3.63, 3.8) is 0 Å². The summed E-state index contributed by atoms with van der Waals surface area (Å²) in [5, 5.41) is 0. The highest BCUT2D eigenvalue weighted by molar-refractivity contribution is 5.26. The Morgan fingerprint density at radius 3 is 1.88 bits per heavy atom. The molecule has 0 radical (unpaired) electrons. The molecule has 0 aromatic heterocycles. The van der Waals surface area contributed by atoms with E-state index in [4.69, 9.17) is 5.73 Å². The molecule has 0 bridgehead atoms. The molecule has 1 nitrogen and oxygen atoms in total. The van der Waals surface area contributed by atoms with Gasteiger partial charge >= 0.3 is 0 Å². The Hall–Kier alpha value is -0.820. The van der Waals surface area contributed by atoms with Gasteiger partial charge in [0.25, 0.3) is 0 Å². The monoisotopic (exact) mass is 233 g/mol. The zero-order valence-corrected chi connectivity index (χ0v) is 11.7. The van der Waals surface area contributed by atoms with E-state index < -0.39 is 0 Å². The first-order valence-corrected chi connectivity index (χ1v) is 6.86. The van der Waals surface area contributed by atoms with Crippen molar-refractivity contribution in [1.82, 2.24) is 0 Å². The molecule has 0 saturated heterocycles. The summed E-state index contributed by atoms with van der Waals surface area (Å²) in [6.45, 7) is 8.97. The minimum atomic E-state index is 0.204. The Balaban J connectivity index is 2.48. The highest BCUT2D eigenvalue weighted by Crippen LogP contribution is 2.21.